The van der Waals surface area contributed by atoms with Gasteiger partial charge in [0.05, 0.1) is 11.4 Å². The zero-order chi connectivity index (χ0) is 12.5. The molecule has 1 aromatic rings. The number of benzene rings is 1. The number of hydrogen-bond donors (Lipinski definition) is 1. The topological polar surface area (TPSA) is 18.5 Å². The molecule has 2 fully saturated rings. The van der Waals surface area contributed by atoms with Crippen LogP contribution in [0.5, 0.6) is 0 Å². The second-order valence-electron chi connectivity index (χ2n) is 5.80. The van der Waals surface area contributed by atoms with E-state index in [1.165, 1.54) is 43.9 Å². The highest BCUT2D eigenvalue weighted by molar-refractivity contribution is 5.69. The van der Waals surface area contributed by atoms with Crippen molar-refractivity contribution in [3.8, 4) is 0 Å². The van der Waals surface area contributed by atoms with E-state index in [1.807, 2.05) is 0 Å². The van der Waals surface area contributed by atoms with E-state index < -0.39 is 0 Å². The van der Waals surface area contributed by atoms with Crippen LogP contribution in [0.2, 0.25) is 0 Å². The lowest BCUT2D eigenvalue weighted by Gasteiger charge is -2.32. The molecule has 3 rings (SSSR count). The fraction of sp³-hybridized carbons (Fsp3) is 0.600. The van der Waals surface area contributed by atoms with Gasteiger partial charge in [-0.15, -0.1) is 0 Å². The number of piperidine rings is 1. The molecule has 2 aliphatic rings. The van der Waals surface area contributed by atoms with Gasteiger partial charge in [0.25, 0.3) is 0 Å². The molecule has 2 aliphatic heterocycles. The Morgan fingerprint density at radius 3 is 2.78 bits per heavy atom. The Balaban J connectivity index is 1.76. The van der Waals surface area contributed by atoms with E-state index in [4.69, 9.17) is 0 Å². The number of rotatable bonds is 3. The monoisotopic (exact) mass is 245 g/mol. The summed E-state index contributed by atoms with van der Waals surface area (Å²) in [5.41, 5.74) is 2.57. The van der Waals surface area contributed by atoms with E-state index in [1.54, 1.807) is 0 Å². The zero-order valence-electron chi connectivity index (χ0n) is 11.4. The molecule has 2 bridgehead atoms. The van der Waals surface area contributed by atoms with Gasteiger partial charge in [0.15, 0.2) is 0 Å². The summed E-state index contributed by atoms with van der Waals surface area (Å²) in [4.78, 5) is 4.78. The van der Waals surface area contributed by atoms with Crippen molar-refractivity contribution in [3.63, 3.8) is 0 Å². The van der Waals surface area contributed by atoms with Crippen molar-refractivity contribution >= 4 is 11.4 Å². The first kappa shape index (κ1) is 11.8. The standard InChI is InChI=1S/C15H23N3/c1-17(2)15-6-4-3-5-14(15)16-13-8-10-18-9-7-12(13)11-18/h3-6,12-13,16H,7-11H2,1-2H3. The summed E-state index contributed by atoms with van der Waals surface area (Å²) in [6, 6.07) is 9.28. The third-order valence-electron chi connectivity index (χ3n) is 4.36. The fourth-order valence-electron chi connectivity index (χ4n) is 3.33. The van der Waals surface area contributed by atoms with E-state index in [2.05, 4.69) is 53.5 Å². The molecule has 3 atom stereocenters. The Bertz CT molecular complexity index is 416. The van der Waals surface area contributed by atoms with Crippen LogP contribution in [-0.2, 0) is 0 Å². The Labute approximate surface area is 110 Å². The molecule has 3 heteroatoms. The Morgan fingerprint density at radius 2 is 1.94 bits per heavy atom. The van der Waals surface area contributed by atoms with Gasteiger partial charge in [0.1, 0.15) is 0 Å². The minimum absolute atomic E-state index is 0.657. The number of nitrogens with one attached hydrogen (secondary N) is 1. The number of anilines is 2. The minimum atomic E-state index is 0.657. The van der Waals surface area contributed by atoms with Gasteiger partial charge in [0.2, 0.25) is 0 Å². The largest absolute Gasteiger partial charge is 0.380 e. The van der Waals surface area contributed by atoms with Gasteiger partial charge in [-0.05, 0) is 37.4 Å². The van der Waals surface area contributed by atoms with E-state index in [-0.39, 0.29) is 0 Å². The molecule has 2 heterocycles. The average Bonchev–Trinajstić information content (AvgIpc) is 2.76. The molecule has 0 saturated carbocycles. The van der Waals surface area contributed by atoms with Gasteiger partial charge >= 0.3 is 0 Å². The molecule has 0 aliphatic carbocycles. The molecule has 2 saturated heterocycles. The SMILES string of the molecule is CN(C)c1ccccc1NC1CCN2CCC1C2. The lowest BCUT2D eigenvalue weighted by Crippen LogP contribution is -2.39. The predicted octanol–water partition coefficient (Wildman–Crippen LogP) is 2.26. The summed E-state index contributed by atoms with van der Waals surface area (Å²) < 4.78 is 0. The number of hydrogen-bond acceptors (Lipinski definition) is 3. The lowest BCUT2D eigenvalue weighted by atomic mass is 9.94. The molecule has 18 heavy (non-hydrogen) atoms. The molecule has 1 aromatic carbocycles. The van der Waals surface area contributed by atoms with E-state index in [0.29, 0.717) is 6.04 Å². The van der Waals surface area contributed by atoms with Gasteiger partial charge in [-0.3, -0.25) is 0 Å². The van der Waals surface area contributed by atoms with Crippen LogP contribution in [0.1, 0.15) is 12.8 Å². The first-order valence-corrected chi connectivity index (χ1v) is 6.99. The summed E-state index contributed by atoms with van der Waals surface area (Å²) in [5.74, 6) is 0.842. The second kappa shape index (κ2) is 4.81. The van der Waals surface area contributed by atoms with Crippen LogP contribution in [0.15, 0.2) is 24.3 Å². The second-order valence-corrected chi connectivity index (χ2v) is 5.80. The predicted molar refractivity (Wildman–Crippen MR) is 77.3 cm³/mol. The number of para-hydroxylation sites is 2. The molecule has 0 radical (unpaired) electrons. The number of nitrogens with zero attached hydrogens (tertiary/aromatic N) is 2. The van der Waals surface area contributed by atoms with Gasteiger partial charge in [0, 0.05) is 33.2 Å². The van der Waals surface area contributed by atoms with Crippen molar-refractivity contribution in [1.82, 2.24) is 4.90 Å². The molecule has 0 aromatic heterocycles. The maximum Gasteiger partial charge on any atom is 0.0596 e. The van der Waals surface area contributed by atoms with Crippen LogP contribution in [0.4, 0.5) is 11.4 Å². The van der Waals surface area contributed by atoms with E-state index in [9.17, 15) is 0 Å². The Kier molecular flexibility index (Phi) is 3.16. The highest BCUT2D eigenvalue weighted by Crippen LogP contribution is 2.32. The van der Waals surface area contributed by atoms with Gasteiger partial charge in [-0.1, -0.05) is 12.1 Å². The van der Waals surface area contributed by atoms with Gasteiger partial charge < -0.3 is 15.1 Å². The third-order valence-corrected chi connectivity index (χ3v) is 4.36. The maximum atomic E-state index is 3.79. The maximum absolute atomic E-state index is 3.79. The van der Waals surface area contributed by atoms with Crippen molar-refractivity contribution in [2.24, 2.45) is 5.92 Å². The first-order chi connectivity index (χ1) is 8.74. The van der Waals surface area contributed by atoms with Crippen molar-refractivity contribution in [1.29, 1.82) is 0 Å². The molecule has 3 nitrogen and oxygen atoms in total. The molecule has 3 unspecified atom stereocenters. The summed E-state index contributed by atoms with van der Waals surface area (Å²) >= 11 is 0. The Morgan fingerprint density at radius 1 is 1.17 bits per heavy atom. The highest BCUT2D eigenvalue weighted by Gasteiger charge is 2.34. The first-order valence-electron chi connectivity index (χ1n) is 6.99. The van der Waals surface area contributed by atoms with Crippen LogP contribution in [0.3, 0.4) is 0 Å². The lowest BCUT2D eigenvalue weighted by molar-refractivity contribution is 0.255. The molecular weight excluding hydrogens is 222 g/mol. The van der Waals surface area contributed by atoms with E-state index in [0.717, 1.165) is 5.92 Å². The van der Waals surface area contributed by atoms with Crippen LogP contribution in [0, 0.1) is 5.92 Å². The van der Waals surface area contributed by atoms with Crippen molar-refractivity contribution in [2.45, 2.75) is 18.9 Å². The summed E-state index contributed by atoms with van der Waals surface area (Å²) in [6.07, 6.45) is 2.65. The average molecular weight is 245 g/mol. The quantitative estimate of drug-likeness (QED) is 0.881. The van der Waals surface area contributed by atoms with Crippen LogP contribution in [0.25, 0.3) is 0 Å². The van der Waals surface area contributed by atoms with Crippen LogP contribution in [-0.4, -0.2) is 44.7 Å². The summed E-state index contributed by atoms with van der Waals surface area (Å²) in [6.45, 7) is 3.86. The third kappa shape index (κ3) is 2.19. The van der Waals surface area contributed by atoms with E-state index >= 15 is 0 Å². The smallest absolute Gasteiger partial charge is 0.0596 e. The molecule has 98 valence electrons. The van der Waals surface area contributed by atoms with Crippen molar-refractivity contribution in [2.75, 3.05) is 43.9 Å². The normalized spacial score (nSPS) is 30.2. The summed E-state index contributed by atoms with van der Waals surface area (Å²) in [7, 11) is 4.22. The molecule has 0 spiro atoms. The molecule has 1 N–H and O–H groups in total. The van der Waals surface area contributed by atoms with Gasteiger partial charge in [-0.25, -0.2) is 0 Å². The van der Waals surface area contributed by atoms with Crippen LogP contribution < -0.4 is 10.2 Å². The van der Waals surface area contributed by atoms with Crippen molar-refractivity contribution < 1.29 is 0 Å². The molecule has 0 amide bonds. The molecular formula is C15H23N3. The fourth-order valence-corrected chi connectivity index (χ4v) is 3.33. The van der Waals surface area contributed by atoms with Crippen LogP contribution >= 0.6 is 0 Å². The minimum Gasteiger partial charge on any atom is -0.380 e. The van der Waals surface area contributed by atoms with Gasteiger partial charge in [-0.2, -0.15) is 0 Å². The van der Waals surface area contributed by atoms with Crippen molar-refractivity contribution in [3.05, 3.63) is 24.3 Å². The Hall–Kier alpha value is -1.22. The number of fused-ring (bicyclic) bond motifs is 2. The highest BCUT2D eigenvalue weighted by atomic mass is 15.2. The summed E-state index contributed by atoms with van der Waals surface area (Å²) in [5, 5.41) is 3.79. The zero-order valence-corrected chi connectivity index (χ0v) is 11.4.